The quantitative estimate of drug-likeness (QED) is 0.194. The number of benzene rings is 2. The maximum absolute atomic E-state index is 13.8. The van der Waals surface area contributed by atoms with E-state index in [1.165, 1.54) is 0 Å². The Morgan fingerprint density at radius 1 is 0.975 bits per heavy atom. The number of rotatable bonds is 10. The number of H-pyrrole nitrogens is 1. The molecule has 0 radical (unpaired) electrons. The minimum atomic E-state index is -1.23. The van der Waals surface area contributed by atoms with Crippen LogP contribution in [0.4, 0.5) is 10.5 Å². The molecule has 1 aromatic heterocycles. The van der Waals surface area contributed by atoms with Crippen LogP contribution in [0, 0.1) is 0 Å². The first-order valence-electron chi connectivity index (χ1n) is 14.8. The Balaban J connectivity index is 1.57. The van der Waals surface area contributed by atoms with Gasteiger partial charge in [-0.3, -0.25) is 4.79 Å². The molecule has 3 aromatic rings. The smallest absolute Gasteiger partial charge is 0.320 e. The maximum atomic E-state index is 13.8. The summed E-state index contributed by atoms with van der Waals surface area (Å²) >= 11 is 0. The van der Waals surface area contributed by atoms with Gasteiger partial charge in [0.15, 0.2) is 0 Å². The second-order valence-electron chi connectivity index (χ2n) is 12.4. The van der Waals surface area contributed by atoms with Crippen LogP contribution >= 0.6 is 0 Å². The van der Waals surface area contributed by atoms with Gasteiger partial charge in [0.1, 0.15) is 5.54 Å². The monoisotopic (exact) mass is 546 g/mol. The van der Waals surface area contributed by atoms with Crippen LogP contribution < -0.4 is 16.0 Å². The summed E-state index contributed by atoms with van der Waals surface area (Å²) < 4.78 is 0. The molecule has 1 saturated carbocycles. The number of nitrogens with one attached hydrogen (secondary N) is 4. The third-order valence-corrected chi connectivity index (χ3v) is 8.38. The lowest BCUT2D eigenvalue weighted by atomic mass is 9.82. The van der Waals surface area contributed by atoms with Crippen LogP contribution in [0.5, 0.6) is 0 Å². The highest BCUT2D eigenvalue weighted by molar-refractivity contribution is 5.97. The van der Waals surface area contributed by atoms with Crippen molar-refractivity contribution in [2.45, 2.75) is 103 Å². The van der Waals surface area contributed by atoms with Gasteiger partial charge in [-0.15, -0.1) is 0 Å². The van der Waals surface area contributed by atoms with Crippen LogP contribution in [0.3, 0.4) is 0 Å². The van der Waals surface area contributed by atoms with Crippen LogP contribution in [0.15, 0.2) is 48.7 Å². The number of carbonyl (C=O) groups is 2. The summed E-state index contributed by atoms with van der Waals surface area (Å²) in [6.07, 6.45) is 7.44. The number of para-hydroxylation sites is 2. The molecule has 0 aliphatic heterocycles. The van der Waals surface area contributed by atoms with Crippen LogP contribution in [0.2, 0.25) is 0 Å². The molecule has 40 heavy (non-hydrogen) atoms. The largest absolute Gasteiger partial charge is 0.390 e. The summed E-state index contributed by atoms with van der Waals surface area (Å²) in [5.74, 6) is 0.176. The topological polar surface area (TPSA) is 106 Å². The zero-order chi connectivity index (χ0) is 28.9. The molecule has 1 unspecified atom stereocenters. The van der Waals surface area contributed by atoms with Gasteiger partial charge in [0, 0.05) is 35.8 Å². The second-order valence-corrected chi connectivity index (χ2v) is 12.4. The maximum Gasteiger partial charge on any atom is 0.320 e. The van der Waals surface area contributed by atoms with Gasteiger partial charge in [0.2, 0.25) is 5.91 Å². The van der Waals surface area contributed by atoms with Crippen LogP contribution in [0.25, 0.3) is 10.9 Å². The molecule has 1 fully saturated rings. The van der Waals surface area contributed by atoms with Crippen LogP contribution in [-0.4, -0.2) is 39.7 Å². The molecule has 0 spiro atoms. The number of carbonyl (C=O) groups excluding carboxylic acids is 2. The molecule has 4 rings (SSSR count). The van der Waals surface area contributed by atoms with E-state index in [0.717, 1.165) is 65.4 Å². The minimum absolute atomic E-state index is 0.223. The molecule has 0 saturated heterocycles. The van der Waals surface area contributed by atoms with Gasteiger partial charge in [-0.1, -0.05) is 83.4 Å². The number of aliphatic hydroxyl groups is 1. The van der Waals surface area contributed by atoms with E-state index >= 15 is 0 Å². The molecule has 7 nitrogen and oxygen atoms in total. The van der Waals surface area contributed by atoms with Gasteiger partial charge in [-0.05, 0) is 60.8 Å². The highest BCUT2D eigenvalue weighted by Gasteiger charge is 2.37. The zero-order valence-electron chi connectivity index (χ0n) is 24.7. The first-order valence-corrected chi connectivity index (χ1v) is 14.8. The van der Waals surface area contributed by atoms with E-state index in [9.17, 15) is 14.7 Å². The molecular formula is C33H46N4O3. The van der Waals surface area contributed by atoms with Crippen molar-refractivity contribution < 1.29 is 14.7 Å². The van der Waals surface area contributed by atoms with Crippen molar-refractivity contribution in [3.8, 4) is 0 Å². The summed E-state index contributed by atoms with van der Waals surface area (Å²) in [5, 5.41) is 21.1. The SMILES string of the molecule is CC(C)c1cccc(C(C)C)c1NC(=O)NC(C)(Cc1c[nH]c2ccccc12)C(=O)NCCC1(O)CCCCC1. The molecule has 5 N–H and O–H groups in total. The lowest BCUT2D eigenvalue weighted by Crippen LogP contribution is -2.59. The van der Waals surface area contributed by atoms with E-state index in [0.29, 0.717) is 19.4 Å². The predicted molar refractivity (Wildman–Crippen MR) is 163 cm³/mol. The first-order chi connectivity index (χ1) is 19.0. The van der Waals surface area contributed by atoms with Crippen molar-refractivity contribution in [1.82, 2.24) is 15.6 Å². The number of urea groups is 1. The molecular weight excluding hydrogens is 500 g/mol. The van der Waals surface area contributed by atoms with Gasteiger partial charge in [-0.25, -0.2) is 4.79 Å². The van der Waals surface area contributed by atoms with Gasteiger partial charge in [-0.2, -0.15) is 0 Å². The number of aromatic amines is 1. The second kappa shape index (κ2) is 12.5. The van der Waals surface area contributed by atoms with Crippen molar-refractivity contribution in [3.05, 3.63) is 65.4 Å². The molecule has 2 aromatic carbocycles. The first kappa shape index (κ1) is 29.7. The van der Waals surface area contributed by atoms with Crippen molar-refractivity contribution in [2.24, 2.45) is 0 Å². The van der Waals surface area contributed by atoms with Gasteiger partial charge in [0.25, 0.3) is 0 Å². The number of aromatic nitrogens is 1. The number of hydrogen-bond donors (Lipinski definition) is 5. The highest BCUT2D eigenvalue weighted by atomic mass is 16.3. The molecule has 0 bridgehead atoms. The molecule has 1 aliphatic carbocycles. The average molecular weight is 547 g/mol. The van der Waals surface area contributed by atoms with Gasteiger partial charge < -0.3 is 26.0 Å². The highest BCUT2D eigenvalue weighted by Crippen LogP contribution is 2.33. The number of fused-ring (bicyclic) bond motifs is 1. The number of anilines is 1. The molecule has 216 valence electrons. The van der Waals surface area contributed by atoms with Gasteiger partial charge >= 0.3 is 6.03 Å². The normalized spacial score (nSPS) is 16.6. The van der Waals surface area contributed by atoms with E-state index in [1.54, 1.807) is 6.92 Å². The molecule has 1 atom stereocenters. The molecule has 3 amide bonds. The number of hydrogen-bond acceptors (Lipinski definition) is 3. The third kappa shape index (κ3) is 6.87. The van der Waals surface area contributed by atoms with Crippen LogP contribution in [-0.2, 0) is 11.2 Å². The van der Waals surface area contributed by atoms with E-state index < -0.39 is 17.2 Å². The summed E-state index contributed by atoms with van der Waals surface area (Å²) in [7, 11) is 0. The Labute approximate surface area is 238 Å². The van der Waals surface area contributed by atoms with Crippen molar-refractivity contribution in [1.29, 1.82) is 0 Å². The Bertz CT molecular complexity index is 1300. The Morgan fingerprint density at radius 2 is 1.62 bits per heavy atom. The fourth-order valence-electron chi connectivity index (χ4n) is 5.99. The Kier molecular flexibility index (Phi) is 9.24. The van der Waals surface area contributed by atoms with E-state index in [4.69, 9.17) is 0 Å². The lowest BCUT2D eigenvalue weighted by molar-refractivity contribution is -0.126. The fourth-order valence-corrected chi connectivity index (χ4v) is 5.99. The fraction of sp³-hybridized carbons (Fsp3) is 0.515. The van der Waals surface area contributed by atoms with Crippen molar-refractivity contribution in [3.63, 3.8) is 0 Å². The summed E-state index contributed by atoms with van der Waals surface area (Å²) in [5.41, 5.74) is 2.91. The van der Waals surface area contributed by atoms with Crippen LogP contribution in [0.1, 0.15) is 102 Å². The lowest BCUT2D eigenvalue weighted by Gasteiger charge is -2.33. The Morgan fingerprint density at radius 3 is 2.27 bits per heavy atom. The molecule has 7 heteroatoms. The number of amides is 3. The van der Waals surface area contributed by atoms with Gasteiger partial charge in [0.05, 0.1) is 5.60 Å². The zero-order valence-corrected chi connectivity index (χ0v) is 24.7. The Hall–Kier alpha value is -3.32. The van der Waals surface area contributed by atoms with Crippen molar-refractivity contribution >= 4 is 28.5 Å². The third-order valence-electron chi connectivity index (χ3n) is 8.38. The minimum Gasteiger partial charge on any atom is -0.390 e. The summed E-state index contributed by atoms with van der Waals surface area (Å²) in [4.78, 5) is 30.6. The molecule has 1 heterocycles. The predicted octanol–water partition coefficient (Wildman–Crippen LogP) is 6.74. The van der Waals surface area contributed by atoms with E-state index in [1.807, 2.05) is 48.7 Å². The summed E-state index contributed by atoms with van der Waals surface area (Å²) in [6, 6.07) is 13.7. The standard InChI is InChI=1S/C33H46N4O3/c1-22(2)25-13-11-14-26(23(3)4)29(25)36-31(39)37-32(5,20-24-21-35-28-15-8-7-12-27(24)28)30(38)34-19-18-33(40)16-9-6-10-17-33/h7-8,11-15,21-23,35,40H,6,9-10,16-20H2,1-5H3,(H,34,38)(H2,36,37,39). The molecule has 1 aliphatic rings. The summed E-state index contributed by atoms with van der Waals surface area (Å²) in [6.45, 7) is 10.6. The average Bonchev–Trinajstić information content (AvgIpc) is 3.31. The van der Waals surface area contributed by atoms with E-state index in [-0.39, 0.29) is 17.7 Å². The van der Waals surface area contributed by atoms with Crippen molar-refractivity contribution in [2.75, 3.05) is 11.9 Å². The van der Waals surface area contributed by atoms with E-state index in [2.05, 4.69) is 48.6 Å².